The number of amides is 2. The highest BCUT2D eigenvalue weighted by Gasteiger charge is 2.63. The number of hydrazone groups is 1. The van der Waals surface area contributed by atoms with E-state index in [1.165, 1.54) is 17.6 Å². The molecule has 0 saturated carbocycles. The molecule has 1 aliphatic heterocycles. The smallest absolute Gasteiger partial charge is 0.362 e. The molecule has 0 radical (unpaired) electrons. The summed E-state index contributed by atoms with van der Waals surface area (Å²) >= 11 is 0. The molecule has 2 amide bonds. The van der Waals surface area contributed by atoms with Crippen molar-refractivity contribution in [3.05, 3.63) is 35.9 Å². The van der Waals surface area contributed by atoms with Crippen molar-refractivity contribution in [2.75, 3.05) is 0 Å². The van der Waals surface area contributed by atoms with E-state index in [9.17, 15) is 23.1 Å². The molecule has 1 aromatic carbocycles. The zero-order valence-corrected chi connectivity index (χ0v) is 10.1. The molecule has 1 unspecified atom stereocenters. The summed E-state index contributed by atoms with van der Waals surface area (Å²) in [6.07, 6.45) is -5.94. The molecule has 0 aliphatic carbocycles. The topological polar surface area (TPSA) is 91.0 Å². The number of carbonyl (C=O) groups excluding carboxylic acids is 1. The predicted octanol–water partition coefficient (Wildman–Crippen LogP) is 0.931. The molecule has 4 N–H and O–H groups in total. The van der Waals surface area contributed by atoms with Gasteiger partial charge in [0.25, 0.3) is 5.72 Å². The average Bonchev–Trinajstić information content (AvgIpc) is 2.78. The molecular formula is C11H11F3N4O2. The molecule has 108 valence electrons. The molecule has 1 aromatic rings. The quantitative estimate of drug-likeness (QED) is 0.408. The maximum Gasteiger partial charge on any atom is 0.438 e. The number of hydrogen-bond donors (Lipinski definition) is 3. The van der Waals surface area contributed by atoms with Crippen LogP contribution in [0.5, 0.6) is 0 Å². The number of halogens is 3. The molecule has 1 aliphatic rings. The molecule has 2 rings (SSSR count). The fourth-order valence-electron chi connectivity index (χ4n) is 1.83. The second kappa shape index (κ2) is 4.76. The minimum atomic E-state index is -5.07. The van der Waals surface area contributed by atoms with Crippen LogP contribution in [0, 0.1) is 0 Å². The summed E-state index contributed by atoms with van der Waals surface area (Å²) in [6, 6.07) is 6.60. The van der Waals surface area contributed by atoms with Crippen LogP contribution in [0.4, 0.5) is 18.0 Å². The van der Waals surface area contributed by atoms with Gasteiger partial charge in [-0.2, -0.15) is 23.3 Å². The Labute approximate surface area is 111 Å². The Morgan fingerprint density at radius 2 is 2.00 bits per heavy atom. The molecule has 1 heterocycles. The van der Waals surface area contributed by atoms with E-state index in [0.29, 0.717) is 5.56 Å². The van der Waals surface area contributed by atoms with Crippen LogP contribution in [0.15, 0.2) is 35.4 Å². The van der Waals surface area contributed by atoms with E-state index < -0.39 is 24.4 Å². The lowest BCUT2D eigenvalue weighted by Crippen LogP contribution is -2.59. The Bertz CT molecular complexity index is 546. The summed E-state index contributed by atoms with van der Waals surface area (Å²) in [6.45, 7) is 0. The third-order valence-corrected chi connectivity index (χ3v) is 2.86. The first-order chi connectivity index (χ1) is 9.29. The number of nitrogens with zero attached hydrogens (tertiary/aromatic N) is 2. The van der Waals surface area contributed by atoms with E-state index in [1.807, 2.05) is 0 Å². The predicted molar refractivity (Wildman–Crippen MR) is 63.2 cm³/mol. The van der Waals surface area contributed by atoms with Gasteiger partial charge in [-0.15, -0.1) is 0 Å². The van der Waals surface area contributed by atoms with Gasteiger partial charge in [0.15, 0.2) is 0 Å². The van der Waals surface area contributed by atoms with Gasteiger partial charge >= 0.3 is 12.2 Å². The molecule has 0 aromatic heterocycles. The molecule has 20 heavy (non-hydrogen) atoms. The molecule has 6 nitrogen and oxygen atoms in total. The van der Waals surface area contributed by atoms with Gasteiger partial charge in [-0.05, 0) is 5.56 Å². The third kappa shape index (κ3) is 2.21. The number of hydrogen-bond acceptors (Lipinski definition) is 4. The van der Waals surface area contributed by atoms with Crippen molar-refractivity contribution in [1.82, 2.24) is 10.4 Å². The molecule has 1 atom stereocenters. The summed E-state index contributed by atoms with van der Waals surface area (Å²) in [5.41, 5.74) is -1.57. The van der Waals surface area contributed by atoms with Gasteiger partial charge in [-0.1, -0.05) is 30.3 Å². The maximum absolute atomic E-state index is 13.0. The van der Waals surface area contributed by atoms with Gasteiger partial charge in [0.2, 0.25) is 0 Å². The lowest BCUT2D eigenvalue weighted by atomic mass is 10.0. The summed E-state index contributed by atoms with van der Waals surface area (Å²) in [7, 11) is 0. The molecule has 0 bridgehead atoms. The van der Waals surface area contributed by atoms with Gasteiger partial charge in [0, 0.05) is 0 Å². The fourth-order valence-corrected chi connectivity index (χ4v) is 1.83. The van der Waals surface area contributed by atoms with Crippen LogP contribution in [0.25, 0.3) is 0 Å². The van der Waals surface area contributed by atoms with E-state index in [2.05, 4.69) is 5.10 Å². The molecule has 0 fully saturated rings. The zero-order valence-electron chi connectivity index (χ0n) is 10.1. The summed E-state index contributed by atoms with van der Waals surface area (Å²) in [5, 5.41) is 13.2. The number of carbonyl (C=O) groups is 1. The van der Waals surface area contributed by atoms with Gasteiger partial charge in [0.05, 0.1) is 12.1 Å². The van der Waals surface area contributed by atoms with Crippen molar-refractivity contribution in [1.29, 1.82) is 0 Å². The van der Waals surface area contributed by atoms with Crippen molar-refractivity contribution in [3.8, 4) is 0 Å². The normalized spacial score (nSPS) is 22.6. The SMILES string of the molecule is NNC(=O)N1N=C(c2ccccc2)CC1(O)C(F)(F)F. The molecular weight excluding hydrogens is 277 g/mol. The van der Waals surface area contributed by atoms with Crippen molar-refractivity contribution >= 4 is 11.7 Å². The van der Waals surface area contributed by atoms with E-state index >= 15 is 0 Å². The largest absolute Gasteiger partial charge is 0.438 e. The number of nitrogens with two attached hydrogens (primary N) is 1. The lowest BCUT2D eigenvalue weighted by molar-refractivity contribution is -0.297. The maximum atomic E-state index is 13.0. The number of benzene rings is 1. The first-order valence-corrected chi connectivity index (χ1v) is 5.52. The van der Waals surface area contributed by atoms with E-state index in [1.54, 1.807) is 18.2 Å². The number of nitrogens with one attached hydrogen (secondary N) is 1. The van der Waals surface area contributed by atoms with Crippen LogP contribution < -0.4 is 11.3 Å². The minimum Gasteiger partial charge on any atom is -0.362 e. The number of hydrazine groups is 1. The molecule has 0 spiro atoms. The van der Waals surface area contributed by atoms with Crippen LogP contribution >= 0.6 is 0 Å². The van der Waals surface area contributed by atoms with Gasteiger partial charge in [-0.3, -0.25) is 5.43 Å². The molecule has 0 saturated heterocycles. The van der Waals surface area contributed by atoms with Crippen molar-refractivity contribution in [2.24, 2.45) is 10.9 Å². The zero-order chi connectivity index (χ0) is 15.0. The first-order valence-electron chi connectivity index (χ1n) is 5.52. The van der Waals surface area contributed by atoms with Crippen molar-refractivity contribution in [2.45, 2.75) is 18.3 Å². The Kier molecular flexibility index (Phi) is 3.40. The van der Waals surface area contributed by atoms with Gasteiger partial charge in [0.1, 0.15) is 0 Å². The van der Waals surface area contributed by atoms with Crippen LogP contribution in [0.2, 0.25) is 0 Å². The monoisotopic (exact) mass is 288 g/mol. The minimum absolute atomic E-state index is 0.0611. The highest BCUT2D eigenvalue weighted by Crippen LogP contribution is 2.41. The van der Waals surface area contributed by atoms with E-state index in [0.717, 1.165) is 0 Å². The summed E-state index contributed by atoms with van der Waals surface area (Å²) in [5.74, 6) is 4.81. The molecule has 9 heteroatoms. The van der Waals surface area contributed by atoms with Gasteiger partial charge < -0.3 is 5.11 Å². The summed E-state index contributed by atoms with van der Waals surface area (Å²) < 4.78 is 39.0. The lowest BCUT2D eigenvalue weighted by Gasteiger charge is -2.31. The Morgan fingerprint density at radius 3 is 2.50 bits per heavy atom. The van der Waals surface area contributed by atoms with Crippen LogP contribution in [0.3, 0.4) is 0 Å². The van der Waals surface area contributed by atoms with Crippen molar-refractivity contribution < 1.29 is 23.1 Å². The highest BCUT2D eigenvalue weighted by molar-refractivity contribution is 6.03. The summed E-state index contributed by atoms with van der Waals surface area (Å²) in [4.78, 5) is 11.4. The number of alkyl halides is 3. The average molecular weight is 288 g/mol. The Hall–Kier alpha value is -2.13. The number of aliphatic hydroxyl groups is 1. The highest BCUT2D eigenvalue weighted by atomic mass is 19.4. The second-order valence-corrected chi connectivity index (χ2v) is 4.17. The standard InChI is InChI=1S/C11H11F3N4O2/c12-11(13,14)10(20)6-8(7-4-2-1-3-5-7)17-18(10)9(19)16-15/h1-5,20H,6,15H2,(H,16,19). The van der Waals surface area contributed by atoms with Gasteiger partial charge in [-0.25, -0.2) is 10.6 Å². The van der Waals surface area contributed by atoms with Crippen molar-refractivity contribution in [3.63, 3.8) is 0 Å². The Morgan fingerprint density at radius 1 is 1.40 bits per heavy atom. The van der Waals surface area contributed by atoms with Crippen LogP contribution in [-0.4, -0.2) is 33.8 Å². The third-order valence-electron chi connectivity index (χ3n) is 2.86. The fraction of sp³-hybridized carbons (Fsp3) is 0.273. The van der Waals surface area contributed by atoms with E-state index in [-0.39, 0.29) is 10.7 Å². The van der Waals surface area contributed by atoms with Crippen LogP contribution in [0.1, 0.15) is 12.0 Å². The first kappa shape index (κ1) is 14.3. The Balaban J connectivity index is 2.43. The second-order valence-electron chi connectivity index (χ2n) is 4.17. The van der Waals surface area contributed by atoms with Crippen LogP contribution in [-0.2, 0) is 0 Å². The van der Waals surface area contributed by atoms with E-state index in [4.69, 9.17) is 5.84 Å². The number of rotatable bonds is 1. The number of urea groups is 1.